The second-order valence-electron chi connectivity index (χ2n) is 17.0. The third-order valence-electron chi connectivity index (χ3n) is 9.23. The fourth-order valence-electron chi connectivity index (χ4n) is 6.04. The highest BCUT2D eigenvalue weighted by Gasteiger charge is 2.16. The van der Waals surface area contributed by atoms with Crippen LogP contribution >= 0.6 is 34.8 Å². The van der Waals surface area contributed by atoms with E-state index in [0.717, 1.165) is 11.4 Å². The van der Waals surface area contributed by atoms with Gasteiger partial charge in [0, 0.05) is 77.1 Å². The molecule has 392 valence electrons. The van der Waals surface area contributed by atoms with Gasteiger partial charge in [0.05, 0.1) is 10.0 Å². The third-order valence-corrected chi connectivity index (χ3v) is 10.0. The summed E-state index contributed by atoms with van der Waals surface area (Å²) in [5.74, 6) is 1.62. The summed E-state index contributed by atoms with van der Waals surface area (Å²) in [6, 6.07) is 34.6. The maximum absolute atomic E-state index is 13.3. The van der Waals surface area contributed by atoms with Gasteiger partial charge < -0.3 is 46.1 Å². The average molecular weight is 1090 g/mol. The SMILES string of the molecule is CC(C)(C)OC(=O)Nc1cccc(Nc2cc(Cl)ncn2)c1.CN(C)C/C=C/C(=O)Nc1cccc(Nc2cc(Oc3ccc(F)c(Cl)c3)ncn2)c1.Nc1cccc(Nc2cc(Oc3ccc(F)c(Cl)c3)ncn2)c1. The van der Waals surface area contributed by atoms with E-state index in [1.54, 1.807) is 72.8 Å². The predicted molar refractivity (Wildman–Crippen MR) is 294 cm³/mol. The molecule has 23 heteroatoms. The molecule has 0 aliphatic heterocycles. The van der Waals surface area contributed by atoms with Crippen LogP contribution in [0.1, 0.15) is 20.8 Å². The first-order valence-corrected chi connectivity index (χ1v) is 23.8. The summed E-state index contributed by atoms with van der Waals surface area (Å²) >= 11 is 17.3. The van der Waals surface area contributed by atoms with Gasteiger partial charge >= 0.3 is 6.09 Å². The average Bonchev–Trinajstić information content (AvgIpc) is 3.34. The molecule has 3 heterocycles. The standard InChI is InChI=1S/C22H21ClFN5O2.C16H12ClFN4O.C15H17ClN4O2/c1-29(2)10-4-7-21(30)28-16-6-3-5-15(11-16)27-20-13-22(26-14-25-20)31-17-8-9-19(24)18(23)12-17;17-13-7-12(4-5-14(13)18)23-16-8-15(20-9-21-16)22-11-3-1-2-10(19)6-11;1-15(2,3)22-14(21)20-11-6-4-5-10(7-11)19-13-8-12(16)17-9-18-13/h3-9,11-14H,10H2,1-2H3,(H,28,30)(H,25,26,27);1-9H,19H2,(H,20,21,22);4-9H,1-3H3,(H,20,21)(H,17,18,19)/b7-4+;;. The van der Waals surface area contributed by atoms with E-state index in [1.165, 1.54) is 61.5 Å². The van der Waals surface area contributed by atoms with Gasteiger partial charge in [-0.3, -0.25) is 10.1 Å². The first kappa shape index (κ1) is 56.6. The number of rotatable bonds is 15. The summed E-state index contributed by atoms with van der Waals surface area (Å²) in [6.07, 6.45) is 6.84. The number of nitrogens with zero attached hydrogens (tertiary/aromatic N) is 7. The summed E-state index contributed by atoms with van der Waals surface area (Å²) in [7, 11) is 3.85. The van der Waals surface area contributed by atoms with Gasteiger partial charge in [-0.25, -0.2) is 43.5 Å². The van der Waals surface area contributed by atoms with Crippen LogP contribution in [0.2, 0.25) is 15.2 Å². The number of nitrogen functional groups attached to an aromatic ring is 1. The molecule has 3 aromatic heterocycles. The summed E-state index contributed by atoms with van der Waals surface area (Å²) in [6.45, 7) is 6.10. The van der Waals surface area contributed by atoms with Crippen molar-refractivity contribution in [2.75, 3.05) is 53.0 Å². The highest BCUT2D eigenvalue weighted by Crippen LogP contribution is 2.29. The largest absolute Gasteiger partial charge is 0.444 e. The molecule has 7 N–H and O–H groups in total. The Balaban J connectivity index is 0.000000189. The monoisotopic (exact) mass is 1090 g/mol. The van der Waals surface area contributed by atoms with Crippen LogP contribution in [0.5, 0.6) is 23.3 Å². The number of nitrogens with two attached hydrogens (primary N) is 1. The first-order valence-electron chi connectivity index (χ1n) is 22.7. The highest BCUT2D eigenvalue weighted by atomic mass is 35.5. The number of hydrogen-bond donors (Lipinski definition) is 6. The number of benzene rings is 5. The number of aromatic nitrogens is 6. The van der Waals surface area contributed by atoms with Crippen molar-refractivity contribution in [2.45, 2.75) is 26.4 Å². The van der Waals surface area contributed by atoms with Crippen molar-refractivity contribution in [2.24, 2.45) is 0 Å². The Morgan fingerprint density at radius 3 is 1.53 bits per heavy atom. The maximum atomic E-state index is 13.3. The molecular formula is C53H50Cl3F2N13O5. The van der Waals surface area contributed by atoms with Crippen molar-refractivity contribution in [1.29, 1.82) is 0 Å². The second kappa shape index (κ2) is 27.6. The Morgan fingerprint density at radius 1 is 0.592 bits per heavy atom. The van der Waals surface area contributed by atoms with Gasteiger partial charge in [-0.15, -0.1) is 0 Å². The van der Waals surface area contributed by atoms with Gasteiger partial charge in [-0.2, -0.15) is 0 Å². The third kappa shape index (κ3) is 20.0. The van der Waals surface area contributed by atoms with Crippen LogP contribution < -0.4 is 41.8 Å². The van der Waals surface area contributed by atoms with Crippen LogP contribution in [0.4, 0.5) is 65.2 Å². The van der Waals surface area contributed by atoms with Crippen LogP contribution in [-0.4, -0.2) is 73.0 Å². The summed E-state index contributed by atoms with van der Waals surface area (Å²) in [5.41, 5.74) is 9.33. The lowest BCUT2D eigenvalue weighted by atomic mass is 10.2. The molecule has 0 saturated carbocycles. The zero-order chi connectivity index (χ0) is 54.6. The van der Waals surface area contributed by atoms with Crippen molar-refractivity contribution in [3.05, 3.63) is 185 Å². The highest BCUT2D eigenvalue weighted by molar-refractivity contribution is 6.31. The molecule has 0 fully saturated rings. The number of likely N-dealkylation sites (N-methyl/N-ethyl adjacent to an activating group) is 1. The molecule has 8 rings (SSSR count). The number of nitrogens with one attached hydrogen (secondary N) is 5. The van der Waals surface area contributed by atoms with Gasteiger partial charge in [0.1, 0.15) is 70.3 Å². The van der Waals surface area contributed by atoms with Crippen LogP contribution in [0, 0.1) is 11.6 Å². The van der Waals surface area contributed by atoms with E-state index in [0.29, 0.717) is 69.3 Å². The fourth-order valence-corrected chi connectivity index (χ4v) is 6.52. The van der Waals surface area contributed by atoms with Gasteiger partial charge in [-0.1, -0.05) is 59.1 Å². The first-order chi connectivity index (χ1) is 36.3. The smallest absolute Gasteiger partial charge is 0.412 e. The molecule has 5 aromatic carbocycles. The zero-order valence-corrected chi connectivity index (χ0v) is 43.6. The molecule has 0 spiro atoms. The molecule has 2 amide bonds. The minimum Gasteiger partial charge on any atom is -0.444 e. The van der Waals surface area contributed by atoms with Crippen LogP contribution in [0.25, 0.3) is 0 Å². The Hall–Kier alpha value is -8.69. The minimum absolute atomic E-state index is 0.0188. The predicted octanol–water partition coefficient (Wildman–Crippen LogP) is 13.5. The lowest BCUT2D eigenvalue weighted by Crippen LogP contribution is -2.27. The van der Waals surface area contributed by atoms with E-state index in [9.17, 15) is 18.4 Å². The minimum atomic E-state index is -0.544. The Labute approximate surface area is 451 Å². The molecule has 0 unspecified atom stereocenters. The van der Waals surface area contributed by atoms with Gasteiger partial charge in [-0.05, 0) is 114 Å². The number of carbonyl (C=O) groups excluding carboxylic acids is 2. The second-order valence-corrected chi connectivity index (χ2v) is 18.2. The Kier molecular flexibility index (Phi) is 20.5. The molecule has 0 radical (unpaired) electrons. The van der Waals surface area contributed by atoms with Crippen molar-refractivity contribution >= 4 is 98.4 Å². The maximum Gasteiger partial charge on any atom is 0.412 e. The number of hydrogen-bond acceptors (Lipinski definition) is 16. The molecular weight excluding hydrogens is 1040 g/mol. The summed E-state index contributed by atoms with van der Waals surface area (Å²) < 4.78 is 42.8. The number of halogens is 5. The van der Waals surface area contributed by atoms with Crippen molar-refractivity contribution in [3.8, 4) is 23.3 Å². The van der Waals surface area contributed by atoms with Gasteiger partial charge in [0.2, 0.25) is 17.7 Å². The molecule has 18 nitrogen and oxygen atoms in total. The van der Waals surface area contributed by atoms with Crippen molar-refractivity contribution in [1.82, 2.24) is 34.8 Å². The van der Waals surface area contributed by atoms with E-state index in [-0.39, 0.29) is 21.8 Å². The normalized spacial score (nSPS) is 10.8. The molecule has 0 atom stereocenters. The summed E-state index contributed by atoms with van der Waals surface area (Å²) in [4.78, 5) is 49.9. The van der Waals surface area contributed by atoms with Gasteiger partial charge in [0.15, 0.2) is 0 Å². The zero-order valence-electron chi connectivity index (χ0n) is 41.4. The molecule has 0 bridgehead atoms. The van der Waals surface area contributed by atoms with E-state index in [2.05, 4.69) is 56.5 Å². The molecule has 8 aromatic rings. The van der Waals surface area contributed by atoms with Crippen LogP contribution in [-0.2, 0) is 9.53 Å². The molecule has 0 aliphatic rings. The topological polar surface area (TPSA) is 229 Å². The number of carbonyl (C=O) groups is 2. The van der Waals surface area contributed by atoms with E-state index in [1.807, 2.05) is 64.0 Å². The number of ether oxygens (including phenoxy) is 3. The van der Waals surface area contributed by atoms with E-state index in [4.69, 9.17) is 54.7 Å². The van der Waals surface area contributed by atoms with Crippen molar-refractivity contribution in [3.63, 3.8) is 0 Å². The molecule has 0 saturated heterocycles. The lowest BCUT2D eigenvalue weighted by molar-refractivity contribution is -0.111. The van der Waals surface area contributed by atoms with Crippen LogP contribution in [0.15, 0.2) is 159 Å². The van der Waals surface area contributed by atoms with E-state index < -0.39 is 23.3 Å². The van der Waals surface area contributed by atoms with Crippen LogP contribution in [0.3, 0.4) is 0 Å². The quantitative estimate of drug-likeness (QED) is 0.0319. The number of anilines is 9. The summed E-state index contributed by atoms with van der Waals surface area (Å²) in [5, 5.41) is 15.1. The molecule has 76 heavy (non-hydrogen) atoms. The Bertz CT molecular complexity index is 3280. The molecule has 0 aliphatic carbocycles. The fraction of sp³-hybridized carbons (Fsp3) is 0.132. The Morgan fingerprint density at radius 2 is 1.05 bits per heavy atom. The lowest BCUT2D eigenvalue weighted by Gasteiger charge is -2.19. The van der Waals surface area contributed by atoms with Gasteiger partial charge in [0.25, 0.3) is 0 Å². The van der Waals surface area contributed by atoms with Crippen molar-refractivity contribution < 1.29 is 32.6 Å². The van der Waals surface area contributed by atoms with E-state index >= 15 is 0 Å². The number of amides is 2.